The molecule has 94 valence electrons. The average molecular weight is 238 g/mol. The van der Waals surface area contributed by atoms with E-state index in [0.29, 0.717) is 18.8 Å². The largest absolute Gasteiger partial charge is 0.383 e. The molecule has 1 aliphatic heterocycles. The first-order valence-electron chi connectivity index (χ1n) is 5.72. The third-order valence-electron chi connectivity index (χ3n) is 3.16. The van der Waals surface area contributed by atoms with Crippen LogP contribution in [0, 0.1) is 0 Å². The lowest BCUT2D eigenvalue weighted by molar-refractivity contribution is 0.0607. The highest BCUT2D eigenvalue weighted by Gasteiger charge is 2.35. The number of nitrogens with zero attached hydrogens (tertiary/aromatic N) is 1. The minimum Gasteiger partial charge on any atom is -0.383 e. The number of methoxy groups -OCH3 is 2. The number of ether oxygens (including phenoxy) is 2. The molecule has 5 nitrogen and oxygen atoms in total. The Morgan fingerprint density at radius 3 is 3.00 bits per heavy atom. The molecule has 0 spiro atoms. The minimum absolute atomic E-state index is 0.0107. The zero-order chi connectivity index (χ0) is 12.3. The van der Waals surface area contributed by atoms with Crippen molar-refractivity contribution in [2.24, 2.45) is 0 Å². The summed E-state index contributed by atoms with van der Waals surface area (Å²) in [6.45, 7) is 1.18. The van der Waals surface area contributed by atoms with Crippen molar-refractivity contribution in [1.82, 2.24) is 9.88 Å². The van der Waals surface area contributed by atoms with Crippen LogP contribution in [0.25, 0.3) is 0 Å². The fraction of sp³-hybridized carbons (Fsp3) is 0.583. The van der Waals surface area contributed by atoms with Crippen LogP contribution in [0.1, 0.15) is 16.9 Å². The highest BCUT2D eigenvalue weighted by atomic mass is 16.5. The summed E-state index contributed by atoms with van der Waals surface area (Å²) in [6, 6.07) is 3.70. The summed E-state index contributed by atoms with van der Waals surface area (Å²) in [7, 11) is 3.33. The first-order valence-corrected chi connectivity index (χ1v) is 5.72. The Balaban J connectivity index is 2.09. The van der Waals surface area contributed by atoms with Gasteiger partial charge in [-0.05, 0) is 18.6 Å². The smallest absolute Gasteiger partial charge is 0.270 e. The third kappa shape index (κ3) is 2.50. The van der Waals surface area contributed by atoms with Crippen molar-refractivity contribution in [2.75, 3.05) is 27.4 Å². The Bertz CT molecular complexity index is 364. The number of aromatic amines is 1. The molecule has 1 aromatic rings. The van der Waals surface area contributed by atoms with Gasteiger partial charge in [0.25, 0.3) is 5.91 Å². The molecule has 0 aliphatic carbocycles. The highest BCUT2D eigenvalue weighted by Crippen LogP contribution is 2.22. The predicted octanol–water partition coefficient (Wildman–Crippen LogP) is 0.891. The number of aromatic nitrogens is 1. The van der Waals surface area contributed by atoms with Crippen LogP contribution in [0.2, 0.25) is 0 Å². The fourth-order valence-electron chi connectivity index (χ4n) is 2.26. The lowest BCUT2D eigenvalue weighted by Crippen LogP contribution is -2.38. The molecule has 1 N–H and O–H groups in total. The van der Waals surface area contributed by atoms with Gasteiger partial charge >= 0.3 is 0 Å². The average Bonchev–Trinajstić information content (AvgIpc) is 2.97. The molecule has 2 rings (SSSR count). The van der Waals surface area contributed by atoms with Gasteiger partial charge in [-0.15, -0.1) is 0 Å². The molecule has 0 aromatic carbocycles. The summed E-state index contributed by atoms with van der Waals surface area (Å²) in [5.41, 5.74) is 0.614. The first kappa shape index (κ1) is 12.1. The molecule has 0 radical (unpaired) electrons. The molecule has 0 unspecified atom stereocenters. The van der Waals surface area contributed by atoms with Gasteiger partial charge in [0, 0.05) is 27.0 Å². The molecule has 0 saturated carbocycles. The van der Waals surface area contributed by atoms with Gasteiger partial charge in [0.05, 0.1) is 18.8 Å². The summed E-state index contributed by atoms with van der Waals surface area (Å²) in [5, 5.41) is 0. The summed E-state index contributed by atoms with van der Waals surface area (Å²) in [5.74, 6) is 0.0107. The van der Waals surface area contributed by atoms with E-state index in [1.54, 1.807) is 26.5 Å². The number of carbonyl (C=O) groups is 1. The zero-order valence-electron chi connectivity index (χ0n) is 10.2. The molecule has 1 fully saturated rings. The van der Waals surface area contributed by atoms with Crippen LogP contribution in [0.3, 0.4) is 0 Å². The van der Waals surface area contributed by atoms with Gasteiger partial charge in [-0.1, -0.05) is 0 Å². The van der Waals surface area contributed by atoms with E-state index in [1.807, 2.05) is 11.0 Å². The quantitative estimate of drug-likeness (QED) is 0.847. The molecule has 1 aliphatic rings. The maximum atomic E-state index is 12.2. The normalized spacial score (nSPS) is 24.2. The summed E-state index contributed by atoms with van der Waals surface area (Å²) in [4.78, 5) is 17.0. The Labute approximate surface area is 101 Å². The minimum atomic E-state index is 0.0107. The number of nitrogens with one attached hydrogen (secondary N) is 1. The maximum Gasteiger partial charge on any atom is 0.270 e. The zero-order valence-corrected chi connectivity index (χ0v) is 10.2. The topological polar surface area (TPSA) is 54.6 Å². The van der Waals surface area contributed by atoms with E-state index in [2.05, 4.69) is 4.98 Å². The van der Waals surface area contributed by atoms with Crippen LogP contribution in [-0.4, -0.2) is 55.3 Å². The predicted molar refractivity (Wildman–Crippen MR) is 62.9 cm³/mol. The van der Waals surface area contributed by atoms with Gasteiger partial charge in [0.1, 0.15) is 5.69 Å². The van der Waals surface area contributed by atoms with Crippen molar-refractivity contribution < 1.29 is 14.3 Å². The van der Waals surface area contributed by atoms with E-state index in [-0.39, 0.29) is 18.1 Å². The summed E-state index contributed by atoms with van der Waals surface area (Å²) < 4.78 is 10.5. The Kier molecular flexibility index (Phi) is 3.81. The van der Waals surface area contributed by atoms with Gasteiger partial charge in [-0.25, -0.2) is 0 Å². The standard InChI is InChI=1S/C12H18N2O3/c1-16-8-9-6-10(17-2)7-14(9)12(15)11-4-3-5-13-11/h3-5,9-10,13H,6-8H2,1-2H3/t9-,10-/m0/s1. The molecule has 1 aromatic heterocycles. The number of hydrogen-bond acceptors (Lipinski definition) is 3. The van der Waals surface area contributed by atoms with Crippen molar-refractivity contribution in [2.45, 2.75) is 18.6 Å². The van der Waals surface area contributed by atoms with Gasteiger partial charge < -0.3 is 19.4 Å². The lowest BCUT2D eigenvalue weighted by Gasteiger charge is -2.23. The SMILES string of the molecule is COC[C@@H]1C[C@H](OC)CN1C(=O)c1ccc[nH]1. The molecule has 17 heavy (non-hydrogen) atoms. The molecule has 2 atom stereocenters. The van der Waals surface area contributed by atoms with E-state index < -0.39 is 0 Å². The number of carbonyl (C=O) groups excluding carboxylic acids is 1. The Hall–Kier alpha value is -1.33. The monoisotopic (exact) mass is 238 g/mol. The van der Waals surface area contributed by atoms with Crippen LogP contribution in [0.15, 0.2) is 18.3 Å². The van der Waals surface area contributed by atoms with Crippen molar-refractivity contribution in [1.29, 1.82) is 0 Å². The van der Waals surface area contributed by atoms with Crippen molar-refractivity contribution in [3.05, 3.63) is 24.0 Å². The lowest BCUT2D eigenvalue weighted by atomic mass is 10.2. The number of hydrogen-bond donors (Lipinski definition) is 1. The van der Waals surface area contributed by atoms with Gasteiger partial charge in [0.15, 0.2) is 0 Å². The van der Waals surface area contributed by atoms with Crippen LogP contribution < -0.4 is 0 Å². The van der Waals surface area contributed by atoms with E-state index in [1.165, 1.54) is 0 Å². The second-order valence-electron chi connectivity index (χ2n) is 4.24. The number of likely N-dealkylation sites (tertiary alicyclic amines) is 1. The molecule has 1 saturated heterocycles. The van der Waals surface area contributed by atoms with Crippen LogP contribution >= 0.6 is 0 Å². The Morgan fingerprint density at radius 1 is 1.59 bits per heavy atom. The fourth-order valence-corrected chi connectivity index (χ4v) is 2.26. The van der Waals surface area contributed by atoms with Crippen LogP contribution in [0.4, 0.5) is 0 Å². The molecule has 2 heterocycles. The number of rotatable bonds is 4. The van der Waals surface area contributed by atoms with E-state index >= 15 is 0 Å². The second kappa shape index (κ2) is 5.33. The van der Waals surface area contributed by atoms with Gasteiger partial charge in [-0.3, -0.25) is 4.79 Å². The molecule has 1 amide bonds. The van der Waals surface area contributed by atoms with Gasteiger partial charge in [0.2, 0.25) is 0 Å². The Morgan fingerprint density at radius 2 is 2.41 bits per heavy atom. The van der Waals surface area contributed by atoms with E-state index in [4.69, 9.17) is 9.47 Å². The van der Waals surface area contributed by atoms with Crippen LogP contribution in [0.5, 0.6) is 0 Å². The van der Waals surface area contributed by atoms with E-state index in [0.717, 1.165) is 6.42 Å². The molecule has 0 bridgehead atoms. The third-order valence-corrected chi connectivity index (χ3v) is 3.16. The molecular weight excluding hydrogens is 220 g/mol. The van der Waals surface area contributed by atoms with Crippen molar-refractivity contribution in [3.8, 4) is 0 Å². The van der Waals surface area contributed by atoms with E-state index in [9.17, 15) is 4.79 Å². The van der Waals surface area contributed by atoms with Crippen molar-refractivity contribution >= 4 is 5.91 Å². The second-order valence-corrected chi connectivity index (χ2v) is 4.24. The van der Waals surface area contributed by atoms with Crippen molar-refractivity contribution in [3.63, 3.8) is 0 Å². The van der Waals surface area contributed by atoms with Gasteiger partial charge in [-0.2, -0.15) is 0 Å². The maximum absolute atomic E-state index is 12.2. The highest BCUT2D eigenvalue weighted by molar-refractivity contribution is 5.92. The number of amides is 1. The summed E-state index contributed by atoms with van der Waals surface area (Å²) in [6.07, 6.45) is 2.69. The number of H-pyrrole nitrogens is 1. The summed E-state index contributed by atoms with van der Waals surface area (Å²) >= 11 is 0. The molecule has 5 heteroatoms. The first-order chi connectivity index (χ1) is 8.26. The van der Waals surface area contributed by atoms with Crippen LogP contribution in [-0.2, 0) is 9.47 Å². The molecular formula is C12H18N2O3.